The Bertz CT molecular complexity index is 442. The van der Waals surface area contributed by atoms with Crippen LogP contribution in [0.15, 0.2) is 18.2 Å². The van der Waals surface area contributed by atoms with Crippen LogP contribution in [-0.4, -0.2) is 24.4 Å². The Labute approximate surface area is 103 Å². The molecule has 1 amide bonds. The van der Waals surface area contributed by atoms with Crippen molar-refractivity contribution in [3.63, 3.8) is 0 Å². The highest BCUT2D eigenvalue weighted by atomic mass is 16.2. The summed E-state index contributed by atoms with van der Waals surface area (Å²) in [4.78, 5) is 14.0. The van der Waals surface area contributed by atoms with Crippen molar-refractivity contribution in [2.75, 3.05) is 19.3 Å². The van der Waals surface area contributed by atoms with E-state index in [1.807, 2.05) is 26.1 Å². The third-order valence-electron chi connectivity index (χ3n) is 3.57. The number of hydrogen-bond acceptors (Lipinski definition) is 2. The second-order valence-corrected chi connectivity index (χ2v) is 5.25. The molecule has 0 bridgehead atoms. The van der Waals surface area contributed by atoms with Gasteiger partial charge >= 0.3 is 0 Å². The molecular formula is C14H20N2O. The summed E-state index contributed by atoms with van der Waals surface area (Å²) >= 11 is 0. The summed E-state index contributed by atoms with van der Waals surface area (Å²) in [5.74, 6) is 1.47. The highest BCUT2D eigenvalue weighted by Gasteiger charge is 2.34. The first-order valence-electron chi connectivity index (χ1n) is 6.10. The van der Waals surface area contributed by atoms with E-state index in [1.165, 1.54) is 6.42 Å². The molecule has 0 heterocycles. The monoisotopic (exact) mass is 232 g/mol. The van der Waals surface area contributed by atoms with Crippen LogP contribution >= 0.6 is 0 Å². The molecule has 2 N–H and O–H groups in total. The fraction of sp³-hybridized carbons (Fsp3) is 0.500. The summed E-state index contributed by atoms with van der Waals surface area (Å²) in [6.45, 7) is 5.04. The Hall–Kier alpha value is -1.51. The van der Waals surface area contributed by atoms with Gasteiger partial charge in [0.25, 0.3) is 5.91 Å². The normalized spacial score (nSPS) is 22.3. The molecule has 1 aliphatic rings. The van der Waals surface area contributed by atoms with Gasteiger partial charge in [0, 0.05) is 19.3 Å². The van der Waals surface area contributed by atoms with Crippen LogP contribution < -0.4 is 5.73 Å². The van der Waals surface area contributed by atoms with Crippen molar-refractivity contribution >= 4 is 11.6 Å². The zero-order valence-corrected chi connectivity index (χ0v) is 10.7. The predicted molar refractivity (Wildman–Crippen MR) is 69.8 cm³/mol. The molecule has 3 heteroatoms. The van der Waals surface area contributed by atoms with Gasteiger partial charge < -0.3 is 10.6 Å². The van der Waals surface area contributed by atoms with Gasteiger partial charge in [0.2, 0.25) is 0 Å². The molecule has 0 spiro atoms. The average Bonchev–Trinajstić information content (AvgIpc) is 2.96. The minimum absolute atomic E-state index is 0.0327. The molecule has 92 valence electrons. The SMILES string of the molecule is Cc1ccc(N)c(C(=O)N(C)CC2CC2C)c1. The standard InChI is InChI=1S/C14H20N2O/c1-9-4-5-13(15)12(6-9)14(17)16(3)8-11-7-10(11)2/h4-6,10-11H,7-8,15H2,1-3H3. The maximum atomic E-state index is 12.2. The first-order chi connectivity index (χ1) is 7.99. The second kappa shape index (κ2) is 4.40. The molecule has 1 aliphatic carbocycles. The minimum atomic E-state index is 0.0327. The summed E-state index contributed by atoms with van der Waals surface area (Å²) in [5.41, 5.74) is 8.11. The Morgan fingerprint density at radius 1 is 1.53 bits per heavy atom. The molecule has 1 fully saturated rings. The lowest BCUT2D eigenvalue weighted by Crippen LogP contribution is -2.29. The number of nitrogens with zero attached hydrogens (tertiary/aromatic N) is 1. The zero-order chi connectivity index (χ0) is 12.6. The number of anilines is 1. The summed E-state index contributed by atoms with van der Waals surface area (Å²) in [5, 5.41) is 0. The number of carbonyl (C=O) groups is 1. The van der Waals surface area contributed by atoms with E-state index in [2.05, 4.69) is 6.92 Å². The summed E-state index contributed by atoms with van der Waals surface area (Å²) in [6.07, 6.45) is 1.24. The van der Waals surface area contributed by atoms with Crippen LogP contribution in [0.4, 0.5) is 5.69 Å². The Morgan fingerprint density at radius 2 is 2.18 bits per heavy atom. The molecule has 0 aliphatic heterocycles. The van der Waals surface area contributed by atoms with Crippen molar-refractivity contribution in [2.24, 2.45) is 11.8 Å². The summed E-state index contributed by atoms with van der Waals surface area (Å²) in [7, 11) is 1.86. The number of nitrogens with two attached hydrogens (primary N) is 1. The van der Waals surface area contributed by atoms with Gasteiger partial charge in [-0.2, -0.15) is 0 Å². The van der Waals surface area contributed by atoms with Crippen molar-refractivity contribution in [3.05, 3.63) is 29.3 Å². The molecule has 2 unspecified atom stereocenters. The fourth-order valence-electron chi connectivity index (χ4n) is 2.15. The molecule has 1 aromatic carbocycles. The van der Waals surface area contributed by atoms with E-state index < -0.39 is 0 Å². The number of aryl methyl sites for hydroxylation is 1. The molecule has 2 atom stereocenters. The molecule has 0 aromatic heterocycles. The van der Waals surface area contributed by atoms with Gasteiger partial charge in [-0.1, -0.05) is 18.6 Å². The summed E-state index contributed by atoms with van der Waals surface area (Å²) in [6, 6.07) is 5.59. The van der Waals surface area contributed by atoms with Crippen LogP contribution in [0.25, 0.3) is 0 Å². The third kappa shape index (κ3) is 2.60. The number of amides is 1. The minimum Gasteiger partial charge on any atom is -0.398 e. The summed E-state index contributed by atoms with van der Waals surface area (Å²) < 4.78 is 0. The largest absolute Gasteiger partial charge is 0.398 e. The molecule has 17 heavy (non-hydrogen) atoms. The van der Waals surface area contributed by atoms with Gasteiger partial charge in [0.05, 0.1) is 5.56 Å². The smallest absolute Gasteiger partial charge is 0.255 e. The van der Waals surface area contributed by atoms with Gasteiger partial charge in [-0.05, 0) is 37.3 Å². The van der Waals surface area contributed by atoms with Gasteiger partial charge in [-0.3, -0.25) is 4.79 Å². The van der Waals surface area contributed by atoms with Crippen molar-refractivity contribution in [2.45, 2.75) is 20.3 Å². The van der Waals surface area contributed by atoms with E-state index >= 15 is 0 Å². The third-order valence-corrected chi connectivity index (χ3v) is 3.57. The number of carbonyl (C=O) groups excluding carboxylic acids is 1. The Morgan fingerprint density at radius 3 is 2.76 bits per heavy atom. The first-order valence-corrected chi connectivity index (χ1v) is 6.10. The highest BCUT2D eigenvalue weighted by molar-refractivity contribution is 5.99. The molecular weight excluding hydrogens is 212 g/mol. The van der Waals surface area contributed by atoms with Gasteiger partial charge in [0.15, 0.2) is 0 Å². The van der Waals surface area contributed by atoms with Gasteiger partial charge in [-0.25, -0.2) is 0 Å². The van der Waals surface area contributed by atoms with E-state index in [0.717, 1.165) is 18.0 Å². The number of benzene rings is 1. The average molecular weight is 232 g/mol. The van der Waals surface area contributed by atoms with Crippen LogP contribution in [0.3, 0.4) is 0 Å². The number of nitrogen functional groups attached to an aromatic ring is 1. The second-order valence-electron chi connectivity index (χ2n) is 5.25. The molecule has 0 saturated heterocycles. The molecule has 1 saturated carbocycles. The van der Waals surface area contributed by atoms with Crippen LogP contribution in [0.1, 0.15) is 29.3 Å². The van der Waals surface area contributed by atoms with Crippen LogP contribution in [0.2, 0.25) is 0 Å². The van der Waals surface area contributed by atoms with E-state index in [-0.39, 0.29) is 5.91 Å². The van der Waals surface area contributed by atoms with Crippen molar-refractivity contribution in [1.82, 2.24) is 4.90 Å². The quantitative estimate of drug-likeness (QED) is 0.813. The van der Waals surface area contributed by atoms with E-state index in [4.69, 9.17) is 5.73 Å². The van der Waals surface area contributed by atoms with Crippen molar-refractivity contribution < 1.29 is 4.79 Å². The predicted octanol–water partition coefficient (Wildman–Crippen LogP) is 2.31. The maximum absolute atomic E-state index is 12.2. The van der Waals surface area contributed by atoms with Gasteiger partial charge in [-0.15, -0.1) is 0 Å². The van der Waals surface area contributed by atoms with E-state index in [1.54, 1.807) is 11.0 Å². The lowest BCUT2D eigenvalue weighted by Gasteiger charge is -2.18. The van der Waals surface area contributed by atoms with Crippen LogP contribution in [0, 0.1) is 18.8 Å². The van der Waals surface area contributed by atoms with Crippen molar-refractivity contribution in [3.8, 4) is 0 Å². The van der Waals surface area contributed by atoms with Crippen LogP contribution in [-0.2, 0) is 0 Å². The van der Waals surface area contributed by atoms with Crippen LogP contribution in [0.5, 0.6) is 0 Å². The molecule has 1 aromatic rings. The van der Waals surface area contributed by atoms with E-state index in [9.17, 15) is 4.79 Å². The number of hydrogen-bond donors (Lipinski definition) is 1. The first kappa shape index (κ1) is 12.0. The lowest BCUT2D eigenvalue weighted by molar-refractivity contribution is 0.0788. The molecule has 2 rings (SSSR count). The fourth-order valence-corrected chi connectivity index (χ4v) is 2.15. The topological polar surface area (TPSA) is 46.3 Å². The van der Waals surface area contributed by atoms with Crippen molar-refractivity contribution in [1.29, 1.82) is 0 Å². The lowest BCUT2D eigenvalue weighted by atomic mass is 10.1. The molecule has 3 nitrogen and oxygen atoms in total. The molecule has 0 radical (unpaired) electrons. The Kier molecular flexibility index (Phi) is 3.09. The zero-order valence-electron chi connectivity index (χ0n) is 10.7. The van der Waals surface area contributed by atoms with E-state index in [0.29, 0.717) is 17.2 Å². The number of rotatable bonds is 3. The highest BCUT2D eigenvalue weighted by Crippen LogP contribution is 2.38. The van der Waals surface area contributed by atoms with Gasteiger partial charge in [0.1, 0.15) is 0 Å². The maximum Gasteiger partial charge on any atom is 0.255 e. The Balaban J connectivity index is 2.10.